The molecule has 1 aromatic heterocycles. The number of carbonyl (C=O) groups is 1. The predicted octanol–water partition coefficient (Wildman–Crippen LogP) is 3.90. The van der Waals surface area contributed by atoms with Crippen LogP contribution in [0.25, 0.3) is 10.9 Å². The van der Waals surface area contributed by atoms with E-state index in [-0.39, 0.29) is 17.9 Å². The van der Waals surface area contributed by atoms with Crippen molar-refractivity contribution in [1.82, 2.24) is 4.98 Å². The van der Waals surface area contributed by atoms with E-state index >= 15 is 0 Å². The average molecular weight is 371 g/mol. The van der Waals surface area contributed by atoms with E-state index in [2.05, 4.69) is 34.6 Å². The molecule has 2 heterocycles. The molecule has 1 aliphatic carbocycles. The first-order chi connectivity index (χ1) is 12.7. The Morgan fingerprint density at radius 2 is 2.23 bits per heavy atom. The summed E-state index contributed by atoms with van der Waals surface area (Å²) in [6, 6.07) is 9.10. The van der Waals surface area contributed by atoms with Crippen molar-refractivity contribution in [3.05, 3.63) is 30.0 Å². The standard InChI is InChI=1S/C20H26N4OS/c1-2-14(19(21)25)17-11-26-20(24-17)16-10-12-6-5-9-15(18(12)23-16)22-13-7-3-4-8-13/h5-6,9-10,13-14,17,22-23H,2-4,7-8,11H2,1H3,(H2,21,25). The van der Waals surface area contributed by atoms with Crippen molar-refractivity contribution >= 4 is 39.3 Å². The normalized spacial score (nSPS) is 21.9. The van der Waals surface area contributed by atoms with Crippen LogP contribution in [0.5, 0.6) is 0 Å². The zero-order chi connectivity index (χ0) is 18.1. The summed E-state index contributed by atoms with van der Waals surface area (Å²) >= 11 is 1.71. The van der Waals surface area contributed by atoms with E-state index < -0.39 is 0 Å². The van der Waals surface area contributed by atoms with Crippen LogP contribution in [0.15, 0.2) is 29.3 Å². The highest BCUT2D eigenvalue weighted by molar-refractivity contribution is 8.14. The van der Waals surface area contributed by atoms with Gasteiger partial charge in [0.1, 0.15) is 5.04 Å². The third-order valence-corrected chi connectivity index (χ3v) is 6.65. The summed E-state index contributed by atoms with van der Waals surface area (Å²) in [5.74, 6) is 0.394. The van der Waals surface area contributed by atoms with Crippen molar-refractivity contribution in [2.75, 3.05) is 11.1 Å². The average Bonchev–Trinajstić information content (AvgIpc) is 3.35. The molecule has 6 heteroatoms. The second-order valence-electron chi connectivity index (χ2n) is 7.31. The van der Waals surface area contributed by atoms with Crippen molar-refractivity contribution in [2.45, 2.75) is 51.1 Å². The lowest BCUT2D eigenvalue weighted by atomic mass is 9.98. The lowest BCUT2D eigenvalue weighted by molar-refractivity contribution is -0.122. The van der Waals surface area contributed by atoms with Crippen LogP contribution in [0.3, 0.4) is 0 Å². The third kappa shape index (κ3) is 3.34. The van der Waals surface area contributed by atoms with Crippen LogP contribution in [0.1, 0.15) is 44.7 Å². The molecule has 4 rings (SSSR count). The van der Waals surface area contributed by atoms with Gasteiger partial charge in [-0.25, -0.2) is 0 Å². The number of anilines is 1. The summed E-state index contributed by atoms with van der Waals surface area (Å²) in [5.41, 5.74) is 8.88. The van der Waals surface area contributed by atoms with Gasteiger partial charge in [0.15, 0.2) is 0 Å². The van der Waals surface area contributed by atoms with Gasteiger partial charge in [-0.15, -0.1) is 11.8 Å². The molecule has 4 N–H and O–H groups in total. The molecule has 1 aliphatic heterocycles. The Kier molecular flexibility index (Phi) is 4.94. The summed E-state index contributed by atoms with van der Waals surface area (Å²) in [6.07, 6.45) is 5.87. The van der Waals surface area contributed by atoms with Crippen LogP contribution in [0.2, 0.25) is 0 Å². The summed E-state index contributed by atoms with van der Waals surface area (Å²) in [6.45, 7) is 2.00. The number of nitrogens with two attached hydrogens (primary N) is 1. The number of amides is 1. The molecule has 1 fully saturated rings. The van der Waals surface area contributed by atoms with Crippen LogP contribution in [0.4, 0.5) is 5.69 Å². The fourth-order valence-corrected chi connectivity index (χ4v) is 5.20. The zero-order valence-electron chi connectivity index (χ0n) is 15.1. The Hall–Kier alpha value is -1.95. The van der Waals surface area contributed by atoms with Gasteiger partial charge in [-0.05, 0) is 31.4 Å². The second-order valence-corrected chi connectivity index (χ2v) is 8.32. The fraction of sp³-hybridized carbons (Fsp3) is 0.500. The highest BCUT2D eigenvalue weighted by Gasteiger charge is 2.30. The molecular formula is C20H26N4OS. The zero-order valence-corrected chi connectivity index (χ0v) is 15.9. The highest BCUT2D eigenvalue weighted by Crippen LogP contribution is 2.32. The first-order valence-electron chi connectivity index (χ1n) is 9.54. The number of carbonyl (C=O) groups excluding carboxylic acids is 1. The Morgan fingerprint density at radius 3 is 2.96 bits per heavy atom. The number of para-hydroxylation sites is 1. The van der Waals surface area contributed by atoms with E-state index in [0.29, 0.717) is 6.04 Å². The first-order valence-corrected chi connectivity index (χ1v) is 10.5. The highest BCUT2D eigenvalue weighted by atomic mass is 32.2. The van der Waals surface area contributed by atoms with Gasteiger partial charge in [0.05, 0.1) is 28.9 Å². The van der Waals surface area contributed by atoms with Crippen molar-refractivity contribution in [3.63, 3.8) is 0 Å². The largest absolute Gasteiger partial charge is 0.381 e. The van der Waals surface area contributed by atoms with Crippen molar-refractivity contribution in [1.29, 1.82) is 0 Å². The van der Waals surface area contributed by atoms with E-state index in [1.165, 1.54) is 36.8 Å². The fourth-order valence-electron chi connectivity index (χ4n) is 4.09. The molecule has 26 heavy (non-hydrogen) atoms. The second kappa shape index (κ2) is 7.35. The Morgan fingerprint density at radius 1 is 1.42 bits per heavy atom. The first kappa shape index (κ1) is 17.5. The van der Waals surface area contributed by atoms with Crippen LogP contribution >= 0.6 is 11.8 Å². The van der Waals surface area contributed by atoms with E-state index in [4.69, 9.17) is 10.7 Å². The lowest BCUT2D eigenvalue weighted by Gasteiger charge is -2.14. The van der Waals surface area contributed by atoms with Gasteiger partial charge < -0.3 is 16.0 Å². The topological polar surface area (TPSA) is 83.3 Å². The van der Waals surface area contributed by atoms with Crippen LogP contribution in [-0.2, 0) is 4.79 Å². The molecule has 2 unspecified atom stereocenters. The van der Waals surface area contributed by atoms with Crippen LogP contribution in [0, 0.1) is 5.92 Å². The molecule has 5 nitrogen and oxygen atoms in total. The number of aromatic nitrogens is 1. The Balaban J connectivity index is 1.60. The number of hydrogen-bond donors (Lipinski definition) is 3. The Bertz CT molecular complexity index is 837. The summed E-state index contributed by atoms with van der Waals surface area (Å²) in [7, 11) is 0. The number of nitrogens with one attached hydrogen (secondary N) is 2. The molecular weight excluding hydrogens is 344 g/mol. The number of H-pyrrole nitrogens is 1. The van der Waals surface area contributed by atoms with Crippen molar-refractivity contribution < 1.29 is 4.79 Å². The number of hydrogen-bond acceptors (Lipinski definition) is 4. The van der Waals surface area contributed by atoms with Crippen molar-refractivity contribution in [3.8, 4) is 0 Å². The smallest absolute Gasteiger partial charge is 0.222 e. The number of thioether (sulfide) groups is 1. The van der Waals surface area contributed by atoms with Crippen molar-refractivity contribution in [2.24, 2.45) is 16.6 Å². The quantitative estimate of drug-likeness (QED) is 0.721. The van der Waals surface area contributed by atoms with Gasteiger partial charge >= 0.3 is 0 Å². The monoisotopic (exact) mass is 370 g/mol. The minimum absolute atomic E-state index is 0.0139. The van der Waals surface area contributed by atoms with E-state index in [9.17, 15) is 4.79 Å². The molecule has 138 valence electrons. The molecule has 1 saturated carbocycles. The van der Waals surface area contributed by atoms with Gasteiger partial charge in [-0.3, -0.25) is 9.79 Å². The number of primary amides is 1. The van der Waals surface area contributed by atoms with Gasteiger partial charge in [0.25, 0.3) is 0 Å². The maximum Gasteiger partial charge on any atom is 0.222 e. The molecule has 0 saturated heterocycles. The number of aliphatic imine (C=N–C) groups is 1. The minimum Gasteiger partial charge on any atom is -0.381 e. The van der Waals surface area contributed by atoms with Crippen LogP contribution < -0.4 is 11.1 Å². The number of rotatable bonds is 6. The minimum atomic E-state index is -0.247. The molecule has 2 aliphatic rings. The number of aromatic amines is 1. The van der Waals surface area contributed by atoms with Gasteiger partial charge in [-0.2, -0.15) is 0 Å². The molecule has 1 amide bonds. The number of nitrogens with zero attached hydrogens (tertiary/aromatic N) is 1. The predicted molar refractivity (Wildman–Crippen MR) is 110 cm³/mol. The van der Waals surface area contributed by atoms with E-state index in [1.54, 1.807) is 11.8 Å². The summed E-state index contributed by atoms with van der Waals surface area (Å²) in [4.78, 5) is 20.0. The molecule has 0 spiro atoms. The van der Waals surface area contributed by atoms with E-state index in [0.717, 1.165) is 28.4 Å². The molecule has 0 radical (unpaired) electrons. The maximum absolute atomic E-state index is 11.6. The van der Waals surface area contributed by atoms with E-state index in [1.807, 2.05) is 6.92 Å². The van der Waals surface area contributed by atoms with Gasteiger partial charge in [0, 0.05) is 17.2 Å². The van der Waals surface area contributed by atoms with Gasteiger partial charge in [-0.1, -0.05) is 31.9 Å². The SMILES string of the molecule is CCC(C(N)=O)C1CSC(c2cc3cccc(NC4CCCC4)c3[nH]2)=N1. The van der Waals surface area contributed by atoms with Crippen LogP contribution in [-0.4, -0.2) is 33.8 Å². The summed E-state index contributed by atoms with van der Waals surface area (Å²) < 4.78 is 0. The third-order valence-electron chi connectivity index (χ3n) is 5.55. The molecule has 0 bridgehead atoms. The van der Waals surface area contributed by atoms with Gasteiger partial charge in [0.2, 0.25) is 5.91 Å². The molecule has 2 aromatic rings. The Labute approximate surface area is 158 Å². The number of fused-ring (bicyclic) bond motifs is 1. The lowest BCUT2D eigenvalue weighted by Crippen LogP contribution is -2.32. The number of benzene rings is 1. The maximum atomic E-state index is 11.6. The molecule has 2 atom stereocenters. The molecule has 1 aromatic carbocycles. The summed E-state index contributed by atoms with van der Waals surface area (Å²) in [5, 5.41) is 5.88.